The van der Waals surface area contributed by atoms with E-state index in [2.05, 4.69) is 27.0 Å². The van der Waals surface area contributed by atoms with Crippen LogP contribution in [-0.2, 0) is 0 Å². The van der Waals surface area contributed by atoms with Crippen molar-refractivity contribution < 1.29 is 0 Å². The Labute approximate surface area is 40.9 Å². The van der Waals surface area contributed by atoms with Crippen LogP contribution in [0.5, 0.6) is 0 Å². The van der Waals surface area contributed by atoms with Crippen molar-refractivity contribution >= 4 is 0 Å². The second-order valence-corrected chi connectivity index (χ2v) is 0.707. The van der Waals surface area contributed by atoms with Gasteiger partial charge in [0.2, 0.25) is 0 Å². The van der Waals surface area contributed by atoms with Crippen molar-refractivity contribution in [2.75, 3.05) is 0 Å². The van der Waals surface area contributed by atoms with Gasteiger partial charge in [0, 0.05) is 0 Å². The zero-order valence-corrected chi connectivity index (χ0v) is 4.24. The Morgan fingerprint density at radius 1 is 1.50 bits per heavy atom. The maximum absolute atomic E-state index is 3.54. The summed E-state index contributed by atoms with van der Waals surface area (Å²) in [5.41, 5.74) is 0. The molecule has 0 atom stereocenters. The van der Waals surface area contributed by atoms with Crippen LogP contribution in [-0.4, -0.2) is 0 Å². The molecular weight excluding hydrogens is 72.1 g/mol. The second kappa shape index (κ2) is 23.2. The Morgan fingerprint density at radius 2 is 1.67 bits per heavy atom. The molecule has 0 aromatic carbocycles. The highest BCUT2D eigenvalue weighted by molar-refractivity contribution is 4.38. The normalized spacial score (nSPS) is 5.50. The van der Waals surface area contributed by atoms with Crippen LogP contribution in [0.15, 0.2) is 13.2 Å². The quantitative estimate of drug-likeness (QED) is 0.337. The Bertz CT molecular complexity index is 7.51. The van der Waals surface area contributed by atoms with Crippen LogP contribution < -0.4 is 0 Å². The summed E-state index contributed by atoms with van der Waals surface area (Å²) in [6.07, 6.45) is 1.92. The Morgan fingerprint density at radius 3 is 1.67 bits per heavy atom. The third-order valence-corrected chi connectivity index (χ3v) is 0.250. The predicted molar refractivity (Wildman–Crippen MR) is 31.2 cm³/mol. The fraction of sp³-hybridized carbons (Fsp3) is 0.333. The first-order chi connectivity index (χ1) is 2.91. The average molecular weight is 84.2 g/mol. The molecule has 0 aliphatic carbocycles. The van der Waals surface area contributed by atoms with E-state index in [1.54, 1.807) is 0 Å². The van der Waals surface area contributed by atoms with Crippen molar-refractivity contribution in [1.29, 1.82) is 0 Å². The van der Waals surface area contributed by atoms with Gasteiger partial charge in [-0.2, -0.15) is 0 Å². The van der Waals surface area contributed by atoms with Gasteiger partial charge in [-0.25, -0.2) is 0 Å². The van der Waals surface area contributed by atoms with Crippen LogP contribution in [0.2, 0.25) is 0 Å². The number of unbranched alkanes of at least 4 members (excludes halogenated alkanes) is 1. The zero-order valence-electron chi connectivity index (χ0n) is 4.24. The van der Waals surface area contributed by atoms with Crippen molar-refractivity contribution in [2.45, 2.75) is 12.8 Å². The van der Waals surface area contributed by atoms with Crippen molar-refractivity contribution in [3.05, 3.63) is 27.0 Å². The fourth-order valence-electron chi connectivity index (χ4n) is 0. The lowest BCUT2D eigenvalue weighted by Crippen LogP contribution is -1.49. The molecule has 0 spiro atoms. The third kappa shape index (κ3) is 66.1. The first-order valence-electron chi connectivity index (χ1n) is 2.00. The molecule has 0 N–H and O–H groups in total. The molecule has 0 bridgehead atoms. The Balaban J connectivity index is 0. The van der Waals surface area contributed by atoms with Gasteiger partial charge >= 0.3 is 0 Å². The molecular formula is C6H12. The molecule has 0 aliphatic rings. The first kappa shape index (κ1) is 9.15. The number of hydrogen-bond donors (Lipinski definition) is 0. The highest BCUT2D eigenvalue weighted by Gasteiger charge is 1.57. The summed E-state index contributed by atoms with van der Waals surface area (Å²) in [7, 11) is 0. The van der Waals surface area contributed by atoms with Gasteiger partial charge in [-0.05, 0) is 0 Å². The summed E-state index contributed by atoms with van der Waals surface area (Å²) >= 11 is 0. The molecule has 0 saturated carbocycles. The van der Waals surface area contributed by atoms with Gasteiger partial charge < -0.3 is 6.92 Å². The van der Waals surface area contributed by atoms with Crippen molar-refractivity contribution in [3.8, 4) is 0 Å². The number of rotatable bonds is 1. The summed E-state index contributed by atoms with van der Waals surface area (Å²) in [5.74, 6) is 0. The van der Waals surface area contributed by atoms with Crippen LogP contribution in [0.25, 0.3) is 0 Å². The SMILES string of the molecule is C=C.[CH2+]CC[CH2-]. The van der Waals surface area contributed by atoms with E-state index >= 15 is 0 Å². The minimum Gasteiger partial charge on any atom is -0.339 e. The van der Waals surface area contributed by atoms with Crippen LogP contribution in [0.4, 0.5) is 0 Å². The van der Waals surface area contributed by atoms with Crippen LogP contribution >= 0.6 is 0 Å². The summed E-state index contributed by atoms with van der Waals surface area (Å²) in [6.45, 7) is 13.1. The molecule has 0 fully saturated rings. The van der Waals surface area contributed by atoms with Gasteiger partial charge in [-0.1, -0.05) is 0 Å². The van der Waals surface area contributed by atoms with E-state index in [0.29, 0.717) is 0 Å². The van der Waals surface area contributed by atoms with Gasteiger partial charge in [-0.15, -0.1) is 19.6 Å². The van der Waals surface area contributed by atoms with Gasteiger partial charge in [0.15, 0.2) is 0 Å². The lowest BCUT2D eigenvalue weighted by Gasteiger charge is -1.71. The molecule has 0 amide bonds. The molecule has 0 nitrogen and oxygen atoms in total. The molecule has 6 heavy (non-hydrogen) atoms. The minimum absolute atomic E-state index is 0.958. The molecule has 36 valence electrons. The van der Waals surface area contributed by atoms with Crippen molar-refractivity contribution in [1.82, 2.24) is 0 Å². The summed E-state index contributed by atoms with van der Waals surface area (Å²) in [6, 6.07) is 0. The molecule has 0 heteroatoms. The van der Waals surface area contributed by atoms with Gasteiger partial charge in [0.25, 0.3) is 0 Å². The molecule has 0 saturated heterocycles. The summed E-state index contributed by atoms with van der Waals surface area (Å²) in [5, 5.41) is 0. The second-order valence-electron chi connectivity index (χ2n) is 0.707. The minimum atomic E-state index is 0.958. The maximum Gasteiger partial charge on any atom is 0.0587 e. The lowest BCUT2D eigenvalue weighted by molar-refractivity contribution is 1.05. The van der Waals surface area contributed by atoms with E-state index in [-0.39, 0.29) is 0 Å². The predicted octanol–water partition coefficient (Wildman–Crippen LogP) is 2.24. The molecule has 0 aromatic rings. The average Bonchev–Trinajstić information content (AvgIpc) is 1.72. The highest BCUT2D eigenvalue weighted by atomic mass is 13.6. The fourth-order valence-corrected chi connectivity index (χ4v) is 0. The molecule has 0 heterocycles. The third-order valence-electron chi connectivity index (χ3n) is 0.250. The maximum atomic E-state index is 3.54. The van der Waals surface area contributed by atoms with E-state index in [9.17, 15) is 0 Å². The standard InChI is InChI=1S/C4H8.C2H4/c1-3-4-2;1-2/h1-4H2;1-2H2. The van der Waals surface area contributed by atoms with E-state index in [1.165, 1.54) is 0 Å². The van der Waals surface area contributed by atoms with Crippen LogP contribution in [0.3, 0.4) is 0 Å². The molecule has 0 rings (SSSR count). The Kier molecular flexibility index (Phi) is 35.3. The monoisotopic (exact) mass is 84.1 g/mol. The van der Waals surface area contributed by atoms with Crippen LogP contribution in [0, 0.1) is 13.8 Å². The van der Waals surface area contributed by atoms with Crippen molar-refractivity contribution in [3.63, 3.8) is 0 Å². The first-order valence-corrected chi connectivity index (χ1v) is 2.00. The molecule has 0 aliphatic heterocycles. The highest BCUT2D eigenvalue weighted by Crippen LogP contribution is 1.75. The summed E-state index contributed by atoms with van der Waals surface area (Å²) in [4.78, 5) is 0. The number of hydrogen-bond acceptors (Lipinski definition) is 0. The van der Waals surface area contributed by atoms with E-state index in [0.717, 1.165) is 12.8 Å². The Hall–Kier alpha value is -0.390. The van der Waals surface area contributed by atoms with E-state index in [4.69, 9.17) is 0 Å². The molecule has 0 aromatic heterocycles. The van der Waals surface area contributed by atoms with E-state index < -0.39 is 0 Å². The van der Waals surface area contributed by atoms with Crippen LogP contribution in [0.1, 0.15) is 12.8 Å². The van der Waals surface area contributed by atoms with Crippen molar-refractivity contribution in [2.24, 2.45) is 0 Å². The lowest BCUT2D eigenvalue weighted by atomic mass is 10.4. The largest absolute Gasteiger partial charge is 0.339 e. The molecule has 0 radical (unpaired) electrons. The van der Waals surface area contributed by atoms with Gasteiger partial charge in [0.1, 0.15) is 0 Å². The van der Waals surface area contributed by atoms with E-state index in [1.807, 2.05) is 0 Å². The zero-order chi connectivity index (χ0) is 5.41. The molecule has 0 unspecified atom stereocenters. The topological polar surface area (TPSA) is 0 Å². The van der Waals surface area contributed by atoms with Gasteiger partial charge in [0.05, 0.1) is 13.3 Å². The smallest absolute Gasteiger partial charge is 0.0587 e. The van der Waals surface area contributed by atoms with Gasteiger partial charge in [-0.3, -0.25) is 0 Å². The summed E-state index contributed by atoms with van der Waals surface area (Å²) < 4.78 is 0.